The minimum Gasteiger partial charge on any atom is -0.481 e. The number of carboxylic acid groups (broad SMARTS) is 1. The maximum absolute atomic E-state index is 10.8. The summed E-state index contributed by atoms with van der Waals surface area (Å²) >= 11 is 0. The van der Waals surface area contributed by atoms with Crippen molar-refractivity contribution in [2.75, 3.05) is 0 Å². The molecule has 0 bridgehead atoms. The monoisotopic (exact) mass is 288 g/mol. The first kappa shape index (κ1) is 18.3. The summed E-state index contributed by atoms with van der Waals surface area (Å²) in [5, 5.41) is 18.8. The lowest BCUT2D eigenvalue weighted by Gasteiger charge is -2.39. The number of aliphatic hydroxyl groups is 1. The van der Waals surface area contributed by atoms with Crippen LogP contribution in [-0.2, 0) is 9.22 Å². The standard InChI is InChI=1S/C14H28O4Si/c1-8-11(9-12(15)10(2)13(16)17)18-19(6,7)14(3,4)5/h8,10-12,15H,1,9H2,2-7H3,(H,16,17)/t10-,11-,12+/m0/s1. The second kappa shape index (κ2) is 6.68. The molecule has 0 fully saturated rings. The molecule has 0 saturated carbocycles. The molecule has 0 radical (unpaired) electrons. The Hall–Kier alpha value is -0.653. The minimum absolute atomic E-state index is 0.0671. The topological polar surface area (TPSA) is 66.8 Å². The molecule has 5 heteroatoms. The van der Waals surface area contributed by atoms with Gasteiger partial charge in [0.05, 0.1) is 18.1 Å². The second-order valence-corrected chi connectivity index (χ2v) is 11.3. The van der Waals surface area contributed by atoms with Crippen LogP contribution in [-0.4, -0.2) is 36.7 Å². The van der Waals surface area contributed by atoms with Crippen molar-refractivity contribution < 1.29 is 19.4 Å². The van der Waals surface area contributed by atoms with Crippen molar-refractivity contribution in [1.82, 2.24) is 0 Å². The van der Waals surface area contributed by atoms with Gasteiger partial charge in [0, 0.05) is 6.42 Å². The van der Waals surface area contributed by atoms with E-state index in [0.717, 1.165) is 0 Å². The Labute approximate surface area is 117 Å². The van der Waals surface area contributed by atoms with E-state index < -0.39 is 26.3 Å². The third-order valence-electron chi connectivity index (χ3n) is 3.96. The normalized spacial score (nSPS) is 17.6. The van der Waals surface area contributed by atoms with Gasteiger partial charge in [0.15, 0.2) is 8.32 Å². The number of hydrogen-bond donors (Lipinski definition) is 2. The van der Waals surface area contributed by atoms with Crippen LogP contribution in [0.4, 0.5) is 0 Å². The fourth-order valence-corrected chi connectivity index (χ4v) is 2.66. The van der Waals surface area contributed by atoms with Crippen molar-refractivity contribution in [2.24, 2.45) is 5.92 Å². The molecule has 0 aromatic rings. The third-order valence-corrected chi connectivity index (χ3v) is 8.46. The van der Waals surface area contributed by atoms with Crippen molar-refractivity contribution in [3.63, 3.8) is 0 Å². The smallest absolute Gasteiger partial charge is 0.308 e. The number of aliphatic hydroxyl groups excluding tert-OH is 1. The van der Waals surface area contributed by atoms with E-state index in [-0.39, 0.29) is 17.6 Å². The summed E-state index contributed by atoms with van der Waals surface area (Å²) in [7, 11) is -1.95. The minimum atomic E-state index is -1.95. The molecule has 112 valence electrons. The number of hydrogen-bond acceptors (Lipinski definition) is 3. The second-order valence-electron chi connectivity index (χ2n) is 6.58. The van der Waals surface area contributed by atoms with Gasteiger partial charge in [-0.3, -0.25) is 4.79 Å². The van der Waals surface area contributed by atoms with Crippen LogP contribution in [0.15, 0.2) is 12.7 Å². The molecular weight excluding hydrogens is 260 g/mol. The third kappa shape index (κ3) is 5.46. The molecular formula is C14H28O4Si. The van der Waals surface area contributed by atoms with Gasteiger partial charge in [-0.15, -0.1) is 6.58 Å². The quantitative estimate of drug-likeness (QED) is 0.558. The van der Waals surface area contributed by atoms with Crippen LogP contribution in [0.2, 0.25) is 18.1 Å². The largest absolute Gasteiger partial charge is 0.481 e. The molecule has 0 aliphatic rings. The first-order valence-corrected chi connectivity index (χ1v) is 9.54. The molecule has 0 saturated heterocycles. The lowest BCUT2D eigenvalue weighted by molar-refractivity contribution is -0.145. The molecule has 3 atom stereocenters. The molecule has 0 aromatic heterocycles. The van der Waals surface area contributed by atoms with Crippen LogP contribution in [0.1, 0.15) is 34.1 Å². The van der Waals surface area contributed by atoms with Crippen LogP contribution in [0.3, 0.4) is 0 Å². The zero-order valence-corrected chi connectivity index (χ0v) is 13.9. The van der Waals surface area contributed by atoms with Crippen LogP contribution >= 0.6 is 0 Å². The Kier molecular flexibility index (Phi) is 6.45. The number of aliphatic carboxylic acids is 1. The molecule has 4 nitrogen and oxygen atoms in total. The summed E-state index contributed by atoms with van der Waals surface area (Å²) in [6.45, 7) is 15.9. The van der Waals surface area contributed by atoms with E-state index in [9.17, 15) is 9.90 Å². The van der Waals surface area contributed by atoms with Gasteiger partial charge in [0.25, 0.3) is 0 Å². The van der Waals surface area contributed by atoms with Crippen LogP contribution in [0.5, 0.6) is 0 Å². The predicted molar refractivity (Wildman–Crippen MR) is 79.7 cm³/mol. The molecule has 0 spiro atoms. The van der Waals surface area contributed by atoms with Crippen molar-refractivity contribution in [3.8, 4) is 0 Å². The number of carboxylic acids is 1. The summed E-state index contributed by atoms with van der Waals surface area (Å²) in [5.41, 5.74) is 0. The first-order valence-electron chi connectivity index (χ1n) is 6.63. The number of carbonyl (C=O) groups is 1. The molecule has 0 aliphatic heterocycles. The van der Waals surface area contributed by atoms with Gasteiger partial charge >= 0.3 is 5.97 Å². The van der Waals surface area contributed by atoms with Crippen molar-refractivity contribution in [1.29, 1.82) is 0 Å². The average molecular weight is 288 g/mol. The van der Waals surface area contributed by atoms with Gasteiger partial charge in [-0.25, -0.2) is 0 Å². The molecule has 0 aromatic carbocycles. The fourth-order valence-electron chi connectivity index (χ4n) is 1.35. The Balaban J connectivity index is 4.70. The van der Waals surface area contributed by atoms with E-state index in [2.05, 4.69) is 40.4 Å². The van der Waals surface area contributed by atoms with Crippen molar-refractivity contribution in [2.45, 2.75) is 64.5 Å². The van der Waals surface area contributed by atoms with Crippen LogP contribution < -0.4 is 0 Å². The molecule has 0 amide bonds. The van der Waals surface area contributed by atoms with Crippen LogP contribution in [0, 0.1) is 5.92 Å². The summed E-state index contributed by atoms with van der Waals surface area (Å²) in [4.78, 5) is 10.8. The summed E-state index contributed by atoms with van der Waals surface area (Å²) in [6.07, 6.45) is 0.685. The highest BCUT2D eigenvalue weighted by Gasteiger charge is 2.39. The van der Waals surface area contributed by atoms with Crippen molar-refractivity contribution >= 4 is 14.3 Å². The van der Waals surface area contributed by atoms with Crippen molar-refractivity contribution in [3.05, 3.63) is 12.7 Å². The fraction of sp³-hybridized carbons (Fsp3) is 0.786. The predicted octanol–water partition coefficient (Wildman–Crippen LogP) is 3.03. The van der Waals surface area contributed by atoms with Gasteiger partial charge in [-0.1, -0.05) is 26.8 Å². The van der Waals surface area contributed by atoms with Gasteiger partial charge in [-0.05, 0) is 25.1 Å². The van der Waals surface area contributed by atoms with E-state index in [1.165, 1.54) is 6.92 Å². The molecule has 0 unspecified atom stereocenters. The number of rotatable bonds is 7. The van der Waals surface area contributed by atoms with E-state index in [1.807, 2.05) is 0 Å². The Bertz CT molecular complexity index is 320. The van der Waals surface area contributed by atoms with Gasteiger partial charge in [0.1, 0.15) is 0 Å². The van der Waals surface area contributed by atoms with Crippen LogP contribution in [0.25, 0.3) is 0 Å². The van der Waals surface area contributed by atoms with E-state index in [4.69, 9.17) is 9.53 Å². The van der Waals surface area contributed by atoms with E-state index in [0.29, 0.717) is 0 Å². The van der Waals surface area contributed by atoms with E-state index >= 15 is 0 Å². The molecule has 2 N–H and O–H groups in total. The highest BCUT2D eigenvalue weighted by Crippen LogP contribution is 2.38. The summed E-state index contributed by atoms with van der Waals surface area (Å²) in [6, 6.07) is 0. The Morgan fingerprint density at radius 3 is 2.21 bits per heavy atom. The maximum Gasteiger partial charge on any atom is 0.308 e. The molecule has 0 heterocycles. The summed E-state index contributed by atoms with van der Waals surface area (Å²) < 4.78 is 6.12. The first-order chi connectivity index (χ1) is 8.42. The SMILES string of the molecule is C=C[C@@H](C[C@@H](O)[C@H](C)C(=O)O)O[Si](C)(C)C(C)(C)C. The molecule has 19 heavy (non-hydrogen) atoms. The Morgan fingerprint density at radius 1 is 1.42 bits per heavy atom. The van der Waals surface area contributed by atoms with Gasteiger partial charge in [0.2, 0.25) is 0 Å². The lowest BCUT2D eigenvalue weighted by atomic mass is 9.99. The highest BCUT2D eigenvalue weighted by atomic mass is 28.4. The van der Waals surface area contributed by atoms with E-state index in [1.54, 1.807) is 6.08 Å². The average Bonchev–Trinajstić information content (AvgIpc) is 2.24. The zero-order chi connectivity index (χ0) is 15.4. The van der Waals surface area contributed by atoms with Gasteiger partial charge in [-0.2, -0.15) is 0 Å². The Morgan fingerprint density at radius 2 is 1.89 bits per heavy atom. The van der Waals surface area contributed by atoms with Gasteiger partial charge < -0.3 is 14.6 Å². The highest BCUT2D eigenvalue weighted by molar-refractivity contribution is 6.74. The lowest BCUT2D eigenvalue weighted by Crippen LogP contribution is -2.44. The zero-order valence-electron chi connectivity index (χ0n) is 12.9. The maximum atomic E-state index is 10.8. The summed E-state index contributed by atoms with van der Waals surface area (Å²) in [5.74, 6) is -1.80. The molecule has 0 rings (SSSR count). The molecule has 0 aliphatic carbocycles.